The quantitative estimate of drug-likeness (QED) is 0.779. The maximum absolute atomic E-state index is 13.0. The molecule has 2 aliphatic rings. The van der Waals surface area contributed by atoms with Crippen LogP contribution in [0.4, 0.5) is 4.39 Å². The molecular weight excluding hydrogens is 295 g/mol. The minimum Gasteiger partial charge on any atom is -0.473 e. The van der Waals surface area contributed by atoms with Crippen molar-refractivity contribution in [2.24, 2.45) is 5.92 Å². The fraction of sp³-hybridized carbons (Fsp3) is 0.643. The molecule has 0 amide bonds. The highest BCUT2D eigenvalue weighted by atomic mass is 32.2. The first-order valence-electron chi connectivity index (χ1n) is 7.22. The molecule has 21 heavy (non-hydrogen) atoms. The number of likely N-dealkylation sites (tertiary alicyclic amines) is 1. The number of ether oxygens (including phenoxy) is 1. The van der Waals surface area contributed by atoms with E-state index >= 15 is 0 Å². The third-order valence-electron chi connectivity index (χ3n) is 4.05. The lowest BCUT2D eigenvalue weighted by molar-refractivity contribution is 0.185. The zero-order valence-corrected chi connectivity index (χ0v) is 12.6. The van der Waals surface area contributed by atoms with E-state index in [9.17, 15) is 12.8 Å². The maximum atomic E-state index is 13.0. The van der Waals surface area contributed by atoms with Gasteiger partial charge in [-0.15, -0.1) is 0 Å². The van der Waals surface area contributed by atoms with Crippen molar-refractivity contribution in [2.45, 2.75) is 18.9 Å². The molecule has 0 bridgehead atoms. The van der Waals surface area contributed by atoms with Gasteiger partial charge in [-0.2, -0.15) is 9.37 Å². The molecule has 2 atom stereocenters. The predicted molar refractivity (Wildman–Crippen MR) is 76.4 cm³/mol. The first-order chi connectivity index (χ1) is 10.00. The van der Waals surface area contributed by atoms with E-state index in [2.05, 4.69) is 9.88 Å². The van der Waals surface area contributed by atoms with Crippen LogP contribution in [0.5, 0.6) is 5.88 Å². The fourth-order valence-electron chi connectivity index (χ4n) is 3.07. The van der Waals surface area contributed by atoms with Crippen LogP contribution in [0.2, 0.25) is 0 Å². The molecule has 0 saturated carbocycles. The van der Waals surface area contributed by atoms with Gasteiger partial charge in [-0.05, 0) is 24.8 Å². The molecule has 3 heterocycles. The number of sulfone groups is 1. The van der Waals surface area contributed by atoms with Gasteiger partial charge in [0.1, 0.15) is 6.10 Å². The number of halogens is 1. The van der Waals surface area contributed by atoms with E-state index in [1.165, 1.54) is 6.07 Å². The molecule has 0 aliphatic carbocycles. The smallest absolute Gasteiger partial charge is 0.216 e. The largest absolute Gasteiger partial charge is 0.473 e. The second kappa shape index (κ2) is 5.88. The summed E-state index contributed by atoms with van der Waals surface area (Å²) >= 11 is 0. The summed E-state index contributed by atoms with van der Waals surface area (Å²) in [6.45, 7) is 2.43. The third-order valence-corrected chi connectivity index (χ3v) is 5.89. The van der Waals surface area contributed by atoms with E-state index < -0.39 is 15.8 Å². The van der Waals surface area contributed by atoms with Gasteiger partial charge in [-0.1, -0.05) is 6.07 Å². The minimum absolute atomic E-state index is 0.00249. The van der Waals surface area contributed by atoms with Crippen molar-refractivity contribution in [3.63, 3.8) is 0 Å². The Morgan fingerprint density at radius 1 is 1.38 bits per heavy atom. The zero-order valence-electron chi connectivity index (χ0n) is 11.7. The minimum atomic E-state index is -2.81. The summed E-state index contributed by atoms with van der Waals surface area (Å²) in [4.78, 5) is 5.93. The van der Waals surface area contributed by atoms with Crippen molar-refractivity contribution >= 4 is 9.84 Å². The van der Waals surface area contributed by atoms with Crippen LogP contribution in [0, 0.1) is 11.9 Å². The summed E-state index contributed by atoms with van der Waals surface area (Å²) < 4.78 is 41.6. The first kappa shape index (κ1) is 14.7. The number of hydrogen-bond donors (Lipinski definition) is 0. The number of rotatable bonds is 4. The van der Waals surface area contributed by atoms with Gasteiger partial charge in [-0.25, -0.2) is 8.42 Å². The van der Waals surface area contributed by atoms with Gasteiger partial charge in [0, 0.05) is 25.7 Å². The number of nitrogens with zero attached hydrogens (tertiary/aromatic N) is 2. The Labute approximate surface area is 124 Å². The van der Waals surface area contributed by atoms with E-state index in [-0.39, 0.29) is 12.0 Å². The molecule has 2 fully saturated rings. The lowest BCUT2D eigenvalue weighted by atomic mass is 10.1. The molecule has 116 valence electrons. The van der Waals surface area contributed by atoms with Crippen LogP contribution in [0.3, 0.4) is 0 Å². The SMILES string of the molecule is O=S1(=O)CCC(CN2CCC(Oc3cccc(F)n3)C2)C1. The van der Waals surface area contributed by atoms with Crippen LogP contribution in [0.15, 0.2) is 18.2 Å². The molecule has 1 aromatic rings. The van der Waals surface area contributed by atoms with Crippen LogP contribution in [-0.4, -0.2) is 55.5 Å². The molecule has 0 radical (unpaired) electrons. The van der Waals surface area contributed by atoms with Crippen molar-refractivity contribution in [3.8, 4) is 5.88 Å². The van der Waals surface area contributed by atoms with Crippen molar-refractivity contribution in [1.29, 1.82) is 0 Å². The highest BCUT2D eigenvalue weighted by molar-refractivity contribution is 7.91. The number of aromatic nitrogens is 1. The summed E-state index contributed by atoms with van der Waals surface area (Å²) in [5.41, 5.74) is 0. The third kappa shape index (κ3) is 3.91. The van der Waals surface area contributed by atoms with E-state index in [4.69, 9.17) is 4.74 Å². The summed E-state index contributed by atoms with van der Waals surface area (Å²) in [6, 6.07) is 4.51. The molecule has 5 nitrogen and oxygen atoms in total. The van der Waals surface area contributed by atoms with Gasteiger partial charge in [0.05, 0.1) is 11.5 Å². The Morgan fingerprint density at radius 3 is 2.95 bits per heavy atom. The normalized spacial score (nSPS) is 28.8. The highest BCUT2D eigenvalue weighted by Crippen LogP contribution is 2.23. The maximum Gasteiger partial charge on any atom is 0.216 e. The molecule has 3 rings (SSSR count). The monoisotopic (exact) mass is 314 g/mol. The Hall–Kier alpha value is -1.21. The molecule has 7 heteroatoms. The lowest BCUT2D eigenvalue weighted by Crippen LogP contribution is -2.30. The predicted octanol–water partition coefficient (Wildman–Crippen LogP) is 1.11. The summed E-state index contributed by atoms with van der Waals surface area (Å²) in [7, 11) is -2.81. The van der Waals surface area contributed by atoms with Crippen LogP contribution in [0.1, 0.15) is 12.8 Å². The lowest BCUT2D eigenvalue weighted by Gasteiger charge is -2.19. The summed E-state index contributed by atoms with van der Waals surface area (Å²) in [5.74, 6) is 0.629. The van der Waals surface area contributed by atoms with Crippen molar-refractivity contribution in [3.05, 3.63) is 24.1 Å². The molecule has 0 spiro atoms. The molecule has 1 aromatic heterocycles. The molecule has 2 aliphatic heterocycles. The zero-order chi connectivity index (χ0) is 14.9. The number of pyridine rings is 1. The van der Waals surface area contributed by atoms with E-state index in [1.807, 2.05) is 0 Å². The fourth-order valence-corrected chi connectivity index (χ4v) is 4.92. The molecule has 0 N–H and O–H groups in total. The molecule has 2 unspecified atom stereocenters. The second-order valence-electron chi connectivity index (χ2n) is 5.86. The van der Waals surface area contributed by atoms with Crippen LogP contribution in [0.25, 0.3) is 0 Å². The van der Waals surface area contributed by atoms with Gasteiger partial charge >= 0.3 is 0 Å². The Bertz CT molecular complexity index is 608. The first-order valence-corrected chi connectivity index (χ1v) is 9.04. The van der Waals surface area contributed by atoms with Gasteiger partial charge in [0.25, 0.3) is 0 Å². The van der Waals surface area contributed by atoms with Crippen LogP contribution < -0.4 is 4.74 Å². The average Bonchev–Trinajstić information content (AvgIpc) is 2.97. The van der Waals surface area contributed by atoms with E-state index in [1.54, 1.807) is 12.1 Å². The van der Waals surface area contributed by atoms with Crippen molar-refractivity contribution in [1.82, 2.24) is 9.88 Å². The average molecular weight is 314 g/mol. The van der Waals surface area contributed by atoms with Crippen molar-refractivity contribution in [2.75, 3.05) is 31.1 Å². The standard InChI is InChI=1S/C14H19FN2O3S/c15-13-2-1-3-14(16-13)20-12-4-6-17(9-12)8-11-5-7-21(18,19)10-11/h1-3,11-12H,4-10H2. The van der Waals surface area contributed by atoms with Gasteiger partial charge < -0.3 is 4.74 Å². The van der Waals surface area contributed by atoms with Gasteiger partial charge in [0.15, 0.2) is 9.84 Å². The highest BCUT2D eigenvalue weighted by Gasteiger charge is 2.32. The molecule has 0 aromatic carbocycles. The van der Waals surface area contributed by atoms with Crippen LogP contribution in [-0.2, 0) is 9.84 Å². The second-order valence-corrected chi connectivity index (χ2v) is 8.08. The van der Waals surface area contributed by atoms with Gasteiger partial charge in [-0.3, -0.25) is 4.90 Å². The van der Waals surface area contributed by atoms with E-state index in [0.717, 1.165) is 32.5 Å². The van der Waals surface area contributed by atoms with Crippen molar-refractivity contribution < 1.29 is 17.5 Å². The summed E-state index contributed by atoms with van der Waals surface area (Å²) in [5, 5.41) is 0. The Morgan fingerprint density at radius 2 is 2.24 bits per heavy atom. The topological polar surface area (TPSA) is 59.5 Å². The summed E-state index contributed by atoms with van der Waals surface area (Å²) in [6.07, 6.45) is 1.62. The Kier molecular flexibility index (Phi) is 4.12. The van der Waals surface area contributed by atoms with E-state index in [0.29, 0.717) is 17.4 Å². The van der Waals surface area contributed by atoms with Crippen LogP contribution >= 0.6 is 0 Å². The molecule has 2 saturated heterocycles. The molecular formula is C14H19FN2O3S. The van der Waals surface area contributed by atoms with Gasteiger partial charge in [0.2, 0.25) is 11.8 Å². The Balaban J connectivity index is 1.49. The number of hydrogen-bond acceptors (Lipinski definition) is 5.